The second kappa shape index (κ2) is 5.73. The van der Waals surface area contributed by atoms with Gasteiger partial charge >= 0.3 is 12.3 Å². The van der Waals surface area contributed by atoms with Crippen LogP contribution in [0.25, 0.3) is 0 Å². The summed E-state index contributed by atoms with van der Waals surface area (Å²) in [4.78, 5) is 10.9. The van der Waals surface area contributed by atoms with Crippen LogP contribution in [0.2, 0.25) is 0 Å². The smallest absolute Gasteiger partial charge is 0.416 e. The minimum Gasteiger partial charge on any atom is -0.441 e. The third-order valence-corrected chi connectivity index (χ3v) is 2.67. The molecule has 0 saturated heterocycles. The monoisotopic (exact) mass is 289 g/mol. The van der Waals surface area contributed by atoms with Gasteiger partial charge in [0.1, 0.15) is 6.10 Å². The van der Waals surface area contributed by atoms with E-state index in [9.17, 15) is 18.0 Å². The molecule has 0 bridgehead atoms. The summed E-state index contributed by atoms with van der Waals surface area (Å²) in [6, 6.07) is 4.55. The first-order valence-electron chi connectivity index (χ1n) is 6.12. The molecule has 1 aromatic rings. The summed E-state index contributed by atoms with van der Waals surface area (Å²) in [7, 11) is 0. The number of primary amides is 1. The maximum Gasteiger partial charge on any atom is 0.416 e. The zero-order valence-corrected chi connectivity index (χ0v) is 11.6. The average molecular weight is 289 g/mol. The Labute approximate surface area is 115 Å². The minimum atomic E-state index is -4.39. The predicted molar refractivity (Wildman–Crippen MR) is 68.9 cm³/mol. The van der Waals surface area contributed by atoms with Crippen LogP contribution in [0.1, 0.15) is 44.4 Å². The van der Waals surface area contributed by atoms with Crippen molar-refractivity contribution < 1.29 is 22.7 Å². The molecule has 0 spiro atoms. The third-order valence-electron chi connectivity index (χ3n) is 2.67. The van der Waals surface area contributed by atoms with Crippen molar-refractivity contribution in [3.63, 3.8) is 0 Å². The lowest BCUT2D eigenvalue weighted by Crippen LogP contribution is -2.21. The first-order valence-corrected chi connectivity index (χ1v) is 6.12. The number of hydrogen-bond donors (Lipinski definition) is 1. The quantitative estimate of drug-likeness (QED) is 0.903. The van der Waals surface area contributed by atoms with Crippen molar-refractivity contribution in [2.75, 3.05) is 0 Å². The number of nitrogens with two attached hydrogens (primary N) is 1. The van der Waals surface area contributed by atoms with E-state index >= 15 is 0 Å². The Kier molecular flexibility index (Phi) is 4.68. The van der Waals surface area contributed by atoms with E-state index < -0.39 is 23.9 Å². The van der Waals surface area contributed by atoms with Crippen LogP contribution >= 0.6 is 0 Å². The van der Waals surface area contributed by atoms with Crippen LogP contribution in [-0.4, -0.2) is 6.09 Å². The summed E-state index contributed by atoms with van der Waals surface area (Å²) in [6.45, 7) is 5.82. The first-order chi connectivity index (χ1) is 8.99. The minimum absolute atomic E-state index is 0.164. The predicted octanol–water partition coefficient (Wildman–Crippen LogP) is 4.28. The molecule has 0 aliphatic carbocycles. The van der Waals surface area contributed by atoms with Gasteiger partial charge in [0.05, 0.1) is 5.56 Å². The van der Waals surface area contributed by atoms with Crippen molar-refractivity contribution in [1.29, 1.82) is 0 Å². The van der Waals surface area contributed by atoms with Gasteiger partial charge < -0.3 is 10.5 Å². The van der Waals surface area contributed by atoms with E-state index in [-0.39, 0.29) is 5.41 Å². The SMILES string of the molecule is CC(C)(C)CC(OC(N)=O)c1ccc(C(F)(F)F)cc1. The van der Waals surface area contributed by atoms with E-state index in [2.05, 4.69) is 0 Å². The first kappa shape index (κ1) is 16.3. The summed E-state index contributed by atoms with van der Waals surface area (Å²) in [5.41, 5.74) is 4.60. The fraction of sp³-hybridized carbons (Fsp3) is 0.500. The van der Waals surface area contributed by atoms with Crippen molar-refractivity contribution in [3.8, 4) is 0 Å². The van der Waals surface area contributed by atoms with Crippen LogP contribution in [0.5, 0.6) is 0 Å². The fourth-order valence-corrected chi connectivity index (χ4v) is 1.81. The van der Waals surface area contributed by atoms with Gasteiger partial charge in [0.25, 0.3) is 0 Å². The second-order valence-corrected chi connectivity index (χ2v) is 5.81. The number of hydrogen-bond acceptors (Lipinski definition) is 2. The lowest BCUT2D eigenvalue weighted by Gasteiger charge is -2.25. The maximum atomic E-state index is 12.5. The Bertz CT molecular complexity index is 461. The number of halogens is 3. The van der Waals surface area contributed by atoms with Gasteiger partial charge in [-0.15, -0.1) is 0 Å². The highest BCUT2D eigenvalue weighted by Crippen LogP contribution is 2.34. The van der Waals surface area contributed by atoms with Gasteiger partial charge in [-0.2, -0.15) is 13.2 Å². The Morgan fingerprint density at radius 1 is 1.20 bits per heavy atom. The highest BCUT2D eigenvalue weighted by Gasteiger charge is 2.31. The summed E-state index contributed by atoms with van der Waals surface area (Å²) in [6.07, 6.45) is -5.53. The fourth-order valence-electron chi connectivity index (χ4n) is 1.81. The second-order valence-electron chi connectivity index (χ2n) is 5.81. The van der Waals surface area contributed by atoms with E-state index in [1.165, 1.54) is 12.1 Å². The van der Waals surface area contributed by atoms with E-state index in [0.717, 1.165) is 12.1 Å². The molecule has 1 aromatic carbocycles. The maximum absolute atomic E-state index is 12.5. The van der Waals surface area contributed by atoms with Crippen molar-refractivity contribution in [1.82, 2.24) is 0 Å². The molecule has 1 rings (SSSR count). The standard InChI is InChI=1S/C14H18F3NO2/c1-13(2,3)8-11(20-12(18)19)9-4-6-10(7-5-9)14(15,16)17/h4-7,11H,8H2,1-3H3,(H2,18,19). The zero-order valence-electron chi connectivity index (χ0n) is 11.6. The molecular weight excluding hydrogens is 271 g/mol. The Balaban J connectivity index is 2.99. The molecule has 0 aliphatic rings. The molecule has 20 heavy (non-hydrogen) atoms. The van der Waals surface area contributed by atoms with Crippen molar-refractivity contribution in [2.45, 2.75) is 39.5 Å². The summed E-state index contributed by atoms with van der Waals surface area (Å²) < 4.78 is 42.5. The molecule has 0 saturated carbocycles. The molecule has 112 valence electrons. The van der Waals surface area contributed by atoms with Crippen LogP contribution in [-0.2, 0) is 10.9 Å². The number of ether oxygens (including phenoxy) is 1. The molecule has 1 amide bonds. The normalized spacial score (nSPS) is 13.9. The van der Waals surface area contributed by atoms with Crippen molar-refractivity contribution in [2.24, 2.45) is 11.1 Å². The Morgan fingerprint density at radius 3 is 2.05 bits per heavy atom. The number of carbonyl (C=O) groups excluding carboxylic acids is 1. The molecule has 2 N–H and O–H groups in total. The molecular formula is C14H18F3NO2. The Hall–Kier alpha value is -1.72. The van der Waals surface area contributed by atoms with Gasteiger partial charge in [-0.3, -0.25) is 0 Å². The lowest BCUT2D eigenvalue weighted by atomic mass is 9.86. The van der Waals surface area contributed by atoms with Gasteiger partial charge in [-0.05, 0) is 29.5 Å². The van der Waals surface area contributed by atoms with Crippen LogP contribution in [0.15, 0.2) is 24.3 Å². The van der Waals surface area contributed by atoms with Gasteiger partial charge in [-0.25, -0.2) is 4.79 Å². The van der Waals surface area contributed by atoms with Crippen molar-refractivity contribution >= 4 is 6.09 Å². The molecule has 0 heterocycles. The van der Waals surface area contributed by atoms with Gasteiger partial charge in [0, 0.05) is 0 Å². The summed E-state index contributed by atoms with van der Waals surface area (Å²) >= 11 is 0. The van der Waals surface area contributed by atoms with Gasteiger partial charge in [-0.1, -0.05) is 32.9 Å². The average Bonchev–Trinajstić information content (AvgIpc) is 2.24. The lowest BCUT2D eigenvalue weighted by molar-refractivity contribution is -0.137. The molecule has 3 nitrogen and oxygen atoms in total. The largest absolute Gasteiger partial charge is 0.441 e. The van der Waals surface area contributed by atoms with Crippen LogP contribution in [0.3, 0.4) is 0 Å². The molecule has 0 fully saturated rings. The topological polar surface area (TPSA) is 52.3 Å². The number of carbonyl (C=O) groups is 1. The molecule has 0 radical (unpaired) electrons. The third kappa shape index (κ3) is 5.11. The number of alkyl halides is 3. The van der Waals surface area contributed by atoms with Gasteiger partial charge in [0.2, 0.25) is 0 Å². The Morgan fingerprint density at radius 2 is 1.70 bits per heavy atom. The number of amides is 1. The molecule has 6 heteroatoms. The highest BCUT2D eigenvalue weighted by atomic mass is 19.4. The molecule has 0 aliphatic heterocycles. The van der Waals surface area contributed by atoms with Crippen molar-refractivity contribution in [3.05, 3.63) is 35.4 Å². The van der Waals surface area contributed by atoms with Gasteiger partial charge in [0.15, 0.2) is 0 Å². The molecule has 1 atom stereocenters. The highest BCUT2D eigenvalue weighted by molar-refractivity contribution is 5.65. The van der Waals surface area contributed by atoms with Crippen LogP contribution in [0.4, 0.5) is 18.0 Å². The van der Waals surface area contributed by atoms with E-state index in [0.29, 0.717) is 12.0 Å². The van der Waals surface area contributed by atoms with Crippen LogP contribution < -0.4 is 5.73 Å². The summed E-state index contributed by atoms with van der Waals surface area (Å²) in [5, 5.41) is 0. The zero-order chi connectivity index (χ0) is 15.6. The van der Waals surface area contributed by atoms with E-state index in [4.69, 9.17) is 10.5 Å². The van der Waals surface area contributed by atoms with E-state index in [1.54, 1.807) is 0 Å². The number of rotatable bonds is 3. The number of benzene rings is 1. The summed E-state index contributed by atoms with van der Waals surface area (Å²) in [5.74, 6) is 0. The van der Waals surface area contributed by atoms with E-state index in [1.807, 2.05) is 20.8 Å². The molecule has 1 unspecified atom stereocenters. The van der Waals surface area contributed by atoms with Crippen LogP contribution in [0, 0.1) is 5.41 Å². The molecule has 0 aromatic heterocycles.